The molecule has 0 heterocycles. The number of Topliss-reactive ketones (excluding diaryl/α,β-unsaturated/α-hetero) is 1. The molecule has 0 aromatic carbocycles. The second-order valence-corrected chi connectivity index (χ2v) is 4.26. The molecule has 0 saturated carbocycles. The maximum atomic E-state index is 11.2. The van der Waals surface area contributed by atoms with E-state index >= 15 is 0 Å². The maximum Gasteiger partial charge on any atom is 0.221 e. The molecule has 0 atom stereocenters. The minimum absolute atomic E-state index is 0.0147. The Morgan fingerprint density at radius 1 is 1.13 bits per heavy atom. The number of hydrogen-bond donors (Lipinski definition) is 2. The first-order valence-electron chi connectivity index (χ1n) is 5.46. The second-order valence-electron chi connectivity index (χ2n) is 4.26. The smallest absolute Gasteiger partial charge is 0.221 e. The summed E-state index contributed by atoms with van der Waals surface area (Å²) in [6, 6.07) is 0.384. The van der Waals surface area contributed by atoms with E-state index < -0.39 is 0 Å². The molecule has 0 bridgehead atoms. The van der Waals surface area contributed by atoms with Crippen LogP contribution >= 0.6 is 0 Å². The number of nitrogens with one attached hydrogen (secondary N) is 2. The molecule has 0 saturated heterocycles. The summed E-state index contributed by atoms with van der Waals surface area (Å²) >= 11 is 0. The van der Waals surface area contributed by atoms with E-state index in [2.05, 4.69) is 10.6 Å². The van der Waals surface area contributed by atoms with Gasteiger partial charge in [0.15, 0.2) is 5.78 Å². The van der Waals surface area contributed by atoms with Crippen molar-refractivity contribution in [2.75, 3.05) is 13.1 Å². The Balaban J connectivity index is 3.54. The molecule has 0 rings (SSSR count). The highest BCUT2D eigenvalue weighted by Gasteiger charge is 2.08. The van der Waals surface area contributed by atoms with Gasteiger partial charge in [-0.1, -0.05) is 27.7 Å². The molecule has 0 fully saturated rings. The van der Waals surface area contributed by atoms with E-state index in [1.54, 1.807) is 0 Å². The van der Waals surface area contributed by atoms with Crippen LogP contribution in [0.15, 0.2) is 0 Å². The van der Waals surface area contributed by atoms with Gasteiger partial charge >= 0.3 is 0 Å². The second kappa shape index (κ2) is 7.40. The lowest BCUT2D eigenvalue weighted by Gasteiger charge is -2.09. The fourth-order valence-electron chi connectivity index (χ4n) is 0.953. The van der Waals surface area contributed by atoms with Crippen LogP contribution in [0.1, 0.15) is 34.1 Å². The summed E-state index contributed by atoms with van der Waals surface area (Å²) in [4.78, 5) is 22.4. The number of amides is 1. The molecule has 0 aliphatic heterocycles. The van der Waals surface area contributed by atoms with Crippen LogP contribution in [0.25, 0.3) is 0 Å². The van der Waals surface area contributed by atoms with Crippen LogP contribution < -0.4 is 10.6 Å². The van der Waals surface area contributed by atoms with Crippen LogP contribution in [0, 0.1) is 5.92 Å². The van der Waals surface area contributed by atoms with E-state index in [1.165, 1.54) is 0 Å². The van der Waals surface area contributed by atoms with Crippen molar-refractivity contribution < 1.29 is 9.59 Å². The van der Waals surface area contributed by atoms with Gasteiger partial charge in [0.1, 0.15) is 0 Å². The van der Waals surface area contributed by atoms with Gasteiger partial charge in [0.2, 0.25) is 5.91 Å². The molecule has 0 radical (unpaired) electrons. The normalized spacial score (nSPS) is 10.8. The third-order valence-electron chi connectivity index (χ3n) is 2.01. The number of rotatable bonds is 7. The average molecular weight is 214 g/mol. The molecular weight excluding hydrogens is 192 g/mol. The first-order valence-corrected chi connectivity index (χ1v) is 5.46. The Bertz CT molecular complexity index is 213. The first kappa shape index (κ1) is 14.1. The average Bonchev–Trinajstić information content (AvgIpc) is 2.13. The Morgan fingerprint density at radius 2 is 1.73 bits per heavy atom. The lowest BCUT2D eigenvalue weighted by molar-refractivity contribution is -0.126. The van der Waals surface area contributed by atoms with Gasteiger partial charge in [-0.2, -0.15) is 0 Å². The Kier molecular flexibility index (Phi) is 6.96. The van der Waals surface area contributed by atoms with Crippen LogP contribution in [0.2, 0.25) is 0 Å². The molecule has 0 aliphatic carbocycles. The zero-order chi connectivity index (χ0) is 11.8. The molecule has 1 amide bonds. The fourth-order valence-corrected chi connectivity index (χ4v) is 0.953. The number of carbonyl (C=O) groups excluding carboxylic acids is 2. The van der Waals surface area contributed by atoms with Gasteiger partial charge in [-0.3, -0.25) is 9.59 Å². The number of ketones is 1. The van der Waals surface area contributed by atoms with Crippen molar-refractivity contribution in [3.8, 4) is 0 Å². The Hall–Kier alpha value is -0.900. The predicted octanol–water partition coefficient (Wildman–Crippen LogP) is 0.716. The molecule has 4 heteroatoms. The van der Waals surface area contributed by atoms with E-state index in [-0.39, 0.29) is 24.2 Å². The Labute approximate surface area is 91.8 Å². The zero-order valence-corrected chi connectivity index (χ0v) is 10.1. The standard InChI is InChI=1S/C11H22N2O2/c1-8(2)10(14)7-13-11(15)5-6-12-9(3)4/h8-9,12H,5-7H2,1-4H3,(H,13,15). The van der Waals surface area contributed by atoms with Gasteiger partial charge in [-0.25, -0.2) is 0 Å². The highest BCUT2D eigenvalue weighted by atomic mass is 16.2. The lowest BCUT2D eigenvalue weighted by atomic mass is 10.1. The molecule has 0 spiro atoms. The van der Waals surface area contributed by atoms with E-state index in [0.717, 1.165) is 0 Å². The number of hydrogen-bond acceptors (Lipinski definition) is 3. The van der Waals surface area contributed by atoms with E-state index in [1.807, 2.05) is 27.7 Å². The monoisotopic (exact) mass is 214 g/mol. The quantitative estimate of drug-likeness (QED) is 0.656. The van der Waals surface area contributed by atoms with Crippen molar-refractivity contribution in [1.82, 2.24) is 10.6 Å². The van der Waals surface area contributed by atoms with Crippen molar-refractivity contribution in [3.63, 3.8) is 0 Å². The summed E-state index contributed by atoms with van der Waals surface area (Å²) in [7, 11) is 0. The third-order valence-corrected chi connectivity index (χ3v) is 2.01. The molecule has 4 nitrogen and oxygen atoms in total. The third kappa shape index (κ3) is 8.12. The van der Waals surface area contributed by atoms with Crippen LogP contribution in [0.3, 0.4) is 0 Å². The van der Waals surface area contributed by atoms with Crippen molar-refractivity contribution in [2.45, 2.75) is 40.2 Å². The maximum absolute atomic E-state index is 11.2. The van der Waals surface area contributed by atoms with Gasteiger partial charge in [-0.15, -0.1) is 0 Å². The van der Waals surface area contributed by atoms with Gasteiger partial charge in [-0.05, 0) is 0 Å². The molecule has 15 heavy (non-hydrogen) atoms. The SMILES string of the molecule is CC(C)NCCC(=O)NCC(=O)C(C)C. The van der Waals surface area contributed by atoms with Gasteiger partial charge < -0.3 is 10.6 Å². The first-order chi connectivity index (χ1) is 6.93. The van der Waals surface area contributed by atoms with Crippen molar-refractivity contribution in [1.29, 1.82) is 0 Å². The van der Waals surface area contributed by atoms with Crippen LogP contribution in [-0.4, -0.2) is 30.8 Å². The van der Waals surface area contributed by atoms with Crippen LogP contribution in [0.4, 0.5) is 0 Å². The number of carbonyl (C=O) groups is 2. The Morgan fingerprint density at radius 3 is 2.20 bits per heavy atom. The summed E-state index contributed by atoms with van der Waals surface area (Å²) in [6.45, 7) is 8.52. The molecule has 2 N–H and O–H groups in total. The topological polar surface area (TPSA) is 58.2 Å². The predicted molar refractivity (Wildman–Crippen MR) is 60.6 cm³/mol. The molecule has 0 aromatic heterocycles. The highest BCUT2D eigenvalue weighted by Crippen LogP contribution is 1.92. The van der Waals surface area contributed by atoms with Gasteiger partial charge in [0.05, 0.1) is 6.54 Å². The molecule has 0 unspecified atom stereocenters. The molecule has 0 aromatic rings. The van der Waals surface area contributed by atoms with Gasteiger partial charge in [0, 0.05) is 24.9 Å². The van der Waals surface area contributed by atoms with Crippen LogP contribution in [-0.2, 0) is 9.59 Å². The van der Waals surface area contributed by atoms with Crippen LogP contribution in [0.5, 0.6) is 0 Å². The molecule has 88 valence electrons. The van der Waals surface area contributed by atoms with Gasteiger partial charge in [0.25, 0.3) is 0 Å². The molecule has 0 aliphatic rings. The summed E-state index contributed by atoms with van der Waals surface area (Å²) in [5.41, 5.74) is 0. The zero-order valence-electron chi connectivity index (χ0n) is 10.1. The minimum Gasteiger partial charge on any atom is -0.349 e. The fraction of sp³-hybridized carbons (Fsp3) is 0.818. The summed E-state index contributed by atoms with van der Waals surface area (Å²) < 4.78 is 0. The minimum atomic E-state index is -0.0721. The lowest BCUT2D eigenvalue weighted by Crippen LogP contribution is -2.34. The molecular formula is C11H22N2O2. The van der Waals surface area contributed by atoms with E-state index in [4.69, 9.17) is 0 Å². The highest BCUT2D eigenvalue weighted by molar-refractivity contribution is 5.87. The largest absolute Gasteiger partial charge is 0.349 e. The van der Waals surface area contributed by atoms with E-state index in [9.17, 15) is 9.59 Å². The summed E-state index contributed by atoms with van der Waals surface area (Å²) in [5.74, 6) is -0.0172. The van der Waals surface area contributed by atoms with Crippen molar-refractivity contribution >= 4 is 11.7 Å². The van der Waals surface area contributed by atoms with Crippen molar-refractivity contribution in [2.24, 2.45) is 5.92 Å². The van der Waals surface area contributed by atoms with Crippen molar-refractivity contribution in [3.05, 3.63) is 0 Å². The summed E-state index contributed by atoms with van der Waals surface area (Å²) in [6.07, 6.45) is 0.420. The van der Waals surface area contributed by atoms with E-state index in [0.29, 0.717) is 19.0 Å². The summed E-state index contributed by atoms with van der Waals surface area (Å²) in [5, 5.41) is 5.75.